The second-order valence-corrected chi connectivity index (χ2v) is 5.51. The van der Waals surface area contributed by atoms with Crippen molar-refractivity contribution in [3.63, 3.8) is 0 Å². The third kappa shape index (κ3) is 3.12. The minimum Gasteiger partial charge on any atom is -0.309 e. The van der Waals surface area contributed by atoms with E-state index in [2.05, 4.69) is 61.3 Å². The molecule has 0 saturated carbocycles. The second-order valence-electron chi connectivity index (χ2n) is 5.51. The van der Waals surface area contributed by atoms with Gasteiger partial charge in [-0.15, -0.1) is 0 Å². The van der Waals surface area contributed by atoms with Crippen molar-refractivity contribution in [1.82, 2.24) is 10.2 Å². The monoisotopic (exact) mass is 246 g/mol. The first kappa shape index (κ1) is 13.6. The van der Waals surface area contributed by atoms with Gasteiger partial charge in [-0.3, -0.25) is 4.90 Å². The zero-order valence-corrected chi connectivity index (χ0v) is 11.9. The van der Waals surface area contributed by atoms with E-state index in [4.69, 9.17) is 0 Å². The molecule has 3 unspecified atom stereocenters. The fraction of sp³-hybridized carbons (Fsp3) is 0.625. The average Bonchev–Trinajstić information content (AvgIpc) is 2.61. The highest BCUT2D eigenvalue weighted by Gasteiger charge is 2.26. The number of nitrogens with one attached hydrogen (secondary N) is 1. The summed E-state index contributed by atoms with van der Waals surface area (Å²) in [4.78, 5) is 2.66. The molecule has 0 amide bonds. The minimum atomic E-state index is 0.477. The largest absolute Gasteiger partial charge is 0.309 e. The first-order chi connectivity index (χ1) is 8.72. The topological polar surface area (TPSA) is 15.3 Å². The Labute approximate surface area is 111 Å². The van der Waals surface area contributed by atoms with Crippen LogP contribution in [0.25, 0.3) is 0 Å². The molecule has 1 heterocycles. The van der Waals surface area contributed by atoms with Crippen LogP contribution in [-0.4, -0.2) is 30.1 Å². The van der Waals surface area contributed by atoms with Gasteiger partial charge in [-0.2, -0.15) is 0 Å². The number of nitrogens with zero attached hydrogens (tertiary/aromatic N) is 1. The third-order valence-corrected chi connectivity index (χ3v) is 4.27. The number of benzene rings is 1. The van der Waals surface area contributed by atoms with Crippen LogP contribution in [0.4, 0.5) is 0 Å². The van der Waals surface area contributed by atoms with Crippen LogP contribution in [0.2, 0.25) is 0 Å². The smallest absolute Gasteiger partial charge is 0.0449 e. The first-order valence-corrected chi connectivity index (χ1v) is 7.26. The summed E-state index contributed by atoms with van der Waals surface area (Å²) >= 11 is 0. The van der Waals surface area contributed by atoms with Gasteiger partial charge in [-0.05, 0) is 38.8 Å². The second kappa shape index (κ2) is 6.35. The maximum absolute atomic E-state index is 3.70. The lowest BCUT2D eigenvalue weighted by atomic mass is 10.0. The number of hydrogen-bond donors (Lipinski definition) is 1. The minimum absolute atomic E-state index is 0.477. The van der Waals surface area contributed by atoms with Crippen molar-refractivity contribution in [1.29, 1.82) is 0 Å². The molecule has 1 N–H and O–H groups in total. The molecule has 1 saturated heterocycles. The SMILES string of the molecule is CCC(C)N1CC(c2ccccc2)NCCC1C. The summed E-state index contributed by atoms with van der Waals surface area (Å²) in [5.74, 6) is 0. The van der Waals surface area contributed by atoms with E-state index in [1.54, 1.807) is 0 Å². The molecule has 0 aliphatic carbocycles. The molecule has 0 radical (unpaired) electrons. The first-order valence-electron chi connectivity index (χ1n) is 7.26. The van der Waals surface area contributed by atoms with Crippen LogP contribution in [0.5, 0.6) is 0 Å². The Balaban J connectivity index is 2.13. The van der Waals surface area contributed by atoms with Gasteiger partial charge < -0.3 is 5.32 Å². The molecule has 0 spiro atoms. The van der Waals surface area contributed by atoms with E-state index in [-0.39, 0.29) is 0 Å². The Kier molecular flexibility index (Phi) is 4.79. The molecule has 2 heteroatoms. The predicted octanol–water partition coefficient (Wildman–Crippen LogP) is 3.21. The molecular weight excluding hydrogens is 220 g/mol. The normalized spacial score (nSPS) is 27.7. The Morgan fingerprint density at radius 3 is 2.72 bits per heavy atom. The molecule has 1 aliphatic heterocycles. The molecule has 1 aromatic rings. The number of hydrogen-bond acceptors (Lipinski definition) is 2. The Morgan fingerprint density at radius 1 is 1.33 bits per heavy atom. The summed E-state index contributed by atoms with van der Waals surface area (Å²) in [7, 11) is 0. The summed E-state index contributed by atoms with van der Waals surface area (Å²) in [6.45, 7) is 9.24. The van der Waals surface area contributed by atoms with Gasteiger partial charge in [0.1, 0.15) is 0 Å². The van der Waals surface area contributed by atoms with Crippen LogP contribution in [0.15, 0.2) is 30.3 Å². The van der Waals surface area contributed by atoms with Crippen molar-refractivity contribution in [3.8, 4) is 0 Å². The maximum atomic E-state index is 3.70. The van der Waals surface area contributed by atoms with Gasteiger partial charge in [-0.25, -0.2) is 0 Å². The fourth-order valence-corrected chi connectivity index (χ4v) is 2.85. The van der Waals surface area contributed by atoms with Crippen LogP contribution < -0.4 is 5.32 Å². The molecule has 1 aromatic carbocycles. The molecule has 0 aromatic heterocycles. The lowest BCUT2D eigenvalue weighted by Gasteiger charge is -2.34. The van der Waals surface area contributed by atoms with Crippen LogP contribution in [-0.2, 0) is 0 Å². The van der Waals surface area contributed by atoms with Crippen molar-refractivity contribution in [2.45, 2.75) is 51.7 Å². The maximum Gasteiger partial charge on any atom is 0.0449 e. The van der Waals surface area contributed by atoms with Crippen LogP contribution in [0, 0.1) is 0 Å². The molecule has 100 valence electrons. The van der Waals surface area contributed by atoms with Crippen LogP contribution >= 0.6 is 0 Å². The molecule has 18 heavy (non-hydrogen) atoms. The predicted molar refractivity (Wildman–Crippen MR) is 77.7 cm³/mol. The summed E-state index contributed by atoms with van der Waals surface area (Å²) in [6.07, 6.45) is 2.47. The molecule has 2 nitrogen and oxygen atoms in total. The quantitative estimate of drug-likeness (QED) is 0.881. The molecule has 1 fully saturated rings. The van der Waals surface area contributed by atoms with Gasteiger partial charge in [0.15, 0.2) is 0 Å². The van der Waals surface area contributed by atoms with Gasteiger partial charge in [0.2, 0.25) is 0 Å². The standard InChI is InChI=1S/C16H26N2/c1-4-13(2)18-12-16(17-11-10-14(18)3)15-8-6-5-7-9-15/h5-9,13-14,16-17H,4,10-12H2,1-3H3. The molecule has 2 rings (SSSR count). The highest BCUT2D eigenvalue weighted by Crippen LogP contribution is 2.22. The van der Waals surface area contributed by atoms with Crippen molar-refractivity contribution in [2.75, 3.05) is 13.1 Å². The number of rotatable bonds is 3. The van der Waals surface area contributed by atoms with Crippen LogP contribution in [0.3, 0.4) is 0 Å². The highest BCUT2D eigenvalue weighted by molar-refractivity contribution is 5.19. The zero-order valence-electron chi connectivity index (χ0n) is 11.9. The highest BCUT2D eigenvalue weighted by atomic mass is 15.2. The van der Waals surface area contributed by atoms with E-state index in [1.807, 2.05) is 0 Å². The molecule has 0 bridgehead atoms. The van der Waals surface area contributed by atoms with Gasteiger partial charge >= 0.3 is 0 Å². The van der Waals surface area contributed by atoms with Gasteiger partial charge in [0, 0.05) is 24.7 Å². The molecule has 1 aliphatic rings. The summed E-state index contributed by atoms with van der Waals surface area (Å²) in [5.41, 5.74) is 1.42. The van der Waals surface area contributed by atoms with E-state index in [0.717, 1.165) is 13.1 Å². The van der Waals surface area contributed by atoms with Crippen molar-refractivity contribution < 1.29 is 0 Å². The van der Waals surface area contributed by atoms with Gasteiger partial charge in [0.25, 0.3) is 0 Å². The average molecular weight is 246 g/mol. The summed E-state index contributed by atoms with van der Waals surface area (Å²) in [5, 5.41) is 3.70. The summed E-state index contributed by atoms with van der Waals surface area (Å²) < 4.78 is 0. The lowest BCUT2D eigenvalue weighted by Crippen LogP contribution is -2.41. The van der Waals surface area contributed by atoms with Gasteiger partial charge in [0.05, 0.1) is 0 Å². The fourth-order valence-electron chi connectivity index (χ4n) is 2.85. The van der Waals surface area contributed by atoms with Crippen LogP contribution in [0.1, 0.15) is 45.2 Å². The van der Waals surface area contributed by atoms with Crippen molar-refractivity contribution >= 4 is 0 Å². The Bertz CT molecular complexity index is 349. The third-order valence-electron chi connectivity index (χ3n) is 4.27. The molecule has 3 atom stereocenters. The van der Waals surface area contributed by atoms with Gasteiger partial charge in [-0.1, -0.05) is 37.3 Å². The Hall–Kier alpha value is -0.860. The summed E-state index contributed by atoms with van der Waals surface area (Å²) in [6, 6.07) is 12.7. The van der Waals surface area contributed by atoms with Crippen molar-refractivity contribution in [2.24, 2.45) is 0 Å². The lowest BCUT2D eigenvalue weighted by molar-refractivity contribution is 0.147. The van der Waals surface area contributed by atoms with Crippen molar-refractivity contribution in [3.05, 3.63) is 35.9 Å². The van der Waals surface area contributed by atoms with E-state index < -0.39 is 0 Å². The van der Waals surface area contributed by atoms with E-state index in [9.17, 15) is 0 Å². The van der Waals surface area contributed by atoms with E-state index in [1.165, 1.54) is 18.4 Å². The zero-order chi connectivity index (χ0) is 13.0. The van der Waals surface area contributed by atoms with E-state index >= 15 is 0 Å². The molecular formula is C16H26N2. The Morgan fingerprint density at radius 2 is 2.06 bits per heavy atom. The van der Waals surface area contributed by atoms with E-state index in [0.29, 0.717) is 18.1 Å².